The minimum absolute atomic E-state index is 0.0400. The molecule has 6 heteroatoms. The summed E-state index contributed by atoms with van der Waals surface area (Å²) in [4.78, 5) is 24.9. The van der Waals surface area contributed by atoms with Crippen LogP contribution in [-0.2, 0) is 4.79 Å². The molecule has 1 aromatic carbocycles. The van der Waals surface area contributed by atoms with Gasteiger partial charge in [0.15, 0.2) is 0 Å². The summed E-state index contributed by atoms with van der Waals surface area (Å²) in [6, 6.07) is 7.48. The highest BCUT2D eigenvalue weighted by Crippen LogP contribution is 2.12. The summed E-state index contributed by atoms with van der Waals surface area (Å²) < 4.78 is 0. The Bertz CT molecular complexity index is 486. The molecular formula is C16H25N3O3. The van der Waals surface area contributed by atoms with Gasteiger partial charge in [-0.1, -0.05) is 6.42 Å². The maximum absolute atomic E-state index is 12.1. The fourth-order valence-electron chi connectivity index (χ4n) is 2.08. The average molecular weight is 307 g/mol. The van der Waals surface area contributed by atoms with Crippen molar-refractivity contribution in [3.05, 3.63) is 29.8 Å². The summed E-state index contributed by atoms with van der Waals surface area (Å²) >= 11 is 0. The van der Waals surface area contributed by atoms with Crippen molar-refractivity contribution >= 4 is 17.5 Å². The van der Waals surface area contributed by atoms with Crippen molar-refractivity contribution in [1.82, 2.24) is 10.8 Å². The lowest BCUT2D eigenvalue weighted by atomic mass is 10.1. The number of nitrogens with one attached hydrogen (secondary N) is 2. The smallest absolute Gasteiger partial charge is 0.251 e. The standard InChI is InChI=1S/C16H25N3O3/c1-12(6-4-5-7-15(20)18-22)17-16(21)13-8-10-14(11-9-13)19(2)3/h8-12,22H,4-7H2,1-3H3,(H,17,21)(H,18,20)/t12-/m1/s1. The molecule has 0 aliphatic heterocycles. The van der Waals surface area contributed by atoms with Gasteiger partial charge >= 0.3 is 0 Å². The predicted molar refractivity (Wildman–Crippen MR) is 86.1 cm³/mol. The molecule has 0 aliphatic carbocycles. The Labute approximate surface area is 131 Å². The number of anilines is 1. The van der Waals surface area contributed by atoms with E-state index in [9.17, 15) is 9.59 Å². The topological polar surface area (TPSA) is 81.7 Å². The molecule has 0 unspecified atom stereocenters. The van der Waals surface area contributed by atoms with Crippen molar-refractivity contribution in [2.45, 2.75) is 38.6 Å². The summed E-state index contributed by atoms with van der Waals surface area (Å²) in [7, 11) is 3.91. The molecule has 6 nitrogen and oxygen atoms in total. The quantitative estimate of drug-likeness (QED) is 0.389. The fraction of sp³-hybridized carbons (Fsp3) is 0.500. The molecule has 0 saturated heterocycles. The molecule has 0 aliphatic rings. The molecule has 0 spiro atoms. The summed E-state index contributed by atoms with van der Waals surface area (Å²) in [5.74, 6) is -0.469. The van der Waals surface area contributed by atoms with Crippen molar-refractivity contribution < 1.29 is 14.8 Å². The molecule has 1 atom stereocenters. The van der Waals surface area contributed by atoms with Crippen molar-refractivity contribution in [3.8, 4) is 0 Å². The second kappa shape index (κ2) is 9.04. The lowest BCUT2D eigenvalue weighted by Crippen LogP contribution is -2.32. The van der Waals surface area contributed by atoms with Crippen LogP contribution in [0.2, 0.25) is 0 Å². The van der Waals surface area contributed by atoms with Gasteiger partial charge in [0.05, 0.1) is 0 Å². The SMILES string of the molecule is C[C@H](CCCCC(=O)NO)NC(=O)c1ccc(N(C)C)cc1. The number of unbranched alkanes of at least 4 members (excludes halogenated alkanes) is 1. The molecule has 0 aromatic heterocycles. The van der Waals surface area contributed by atoms with Gasteiger partial charge in [-0.25, -0.2) is 5.48 Å². The molecule has 1 aromatic rings. The molecular weight excluding hydrogens is 282 g/mol. The molecule has 0 radical (unpaired) electrons. The number of rotatable bonds is 8. The molecule has 0 saturated carbocycles. The van der Waals surface area contributed by atoms with Crippen LogP contribution in [0, 0.1) is 0 Å². The van der Waals surface area contributed by atoms with E-state index in [1.54, 1.807) is 5.48 Å². The first-order valence-electron chi connectivity index (χ1n) is 7.45. The number of amides is 2. The number of benzene rings is 1. The summed E-state index contributed by atoms with van der Waals surface area (Å²) in [6.45, 7) is 1.94. The Kier molecular flexibility index (Phi) is 7.39. The highest BCUT2D eigenvalue weighted by atomic mass is 16.5. The Morgan fingerprint density at radius 3 is 2.36 bits per heavy atom. The van der Waals surface area contributed by atoms with E-state index >= 15 is 0 Å². The zero-order valence-electron chi connectivity index (χ0n) is 13.4. The van der Waals surface area contributed by atoms with Gasteiger partial charge in [0.25, 0.3) is 5.91 Å². The second-order valence-corrected chi connectivity index (χ2v) is 5.60. The van der Waals surface area contributed by atoms with Gasteiger partial charge in [-0.3, -0.25) is 14.8 Å². The van der Waals surface area contributed by atoms with Crippen LogP contribution in [0.25, 0.3) is 0 Å². The third-order valence-electron chi connectivity index (χ3n) is 3.44. The third kappa shape index (κ3) is 6.13. The monoisotopic (exact) mass is 307 g/mol. The summed E-state index contributed by atoms with van der Waals surface area (Å²) in [5, 5.41) is 11.3. The number of carbonyl (C=O) groups excluding carboxylic acids is 2. The van der Waals surface area contributed by atoms with Crippen LogP contribution >= 0.6 is 0 Å². The van der Waals surface area contributed by atoms with Gasteiger partial charge in [-0.15, -0.1) is 0 Å². The van der Waals surface area contributed by atoms with Gasteiger partial charge < -0.3 is 10.2 Å². The van der Waals surface area contributed by atoms with E-state index in [0.717, 1.165) is 18.5 Å². The molecule has 0 heterocycles. The molecule has 0 bridgehead atoms. The number of hydrogen-bond acceptors (Lipinski definition) is 4. The van der Waals surface area contributed by atoms with Crippen LogP contribution in [0.15, 0.2) is 24.3 Å². The lowest BCUT2D eigenvalue weighted by Gasteiger charge is -2.15. The van der Waals surface area contributed by atoms with E-state index in [0.29, 0.717) is 18.4 Å². The van der Waals surface area contributed by atoms with Crippen LogP contribution in [0.1, 0.15) is 43.0 Å². The van der Waals surface area contributed by atoms with Crippen LogP contribution < -0.4 is 15.7 Å². The first-order chi connectivity index (χ1) is 10.4. The minimum atomic E-state index is -0.377. The normalized spacial score (nSPS) is 11.6. The molecule has 2 amide bonds. The molecule has 3 N–H and O–H groups in total. The molecule has 0 fully saturated rings. The fourth-order valence-corrected chi connectivity index (χ4v) is 2.08. The highest BCUT2D eigenvalue weighted by molar-refractivity contribution is 5.94. The first kappa shape index (κ1) is 18.0. The second-order valence-electron chi connectivity index (χ2n) is 5.60. The zero-order valence-corrected chi connectivity index (χ0v) is 13.4. The van der Waals surface area contributed by atoms with E-state index in [-0.39, 0.29) is 17.9 Å². The van der Waals surface area contributed by atoms with Crippen molar-refractivity contribution in [1.29, 1.82) is 0 Å². The van der Waals surface area contributed by atoms with Crippen LogP contribution in [-0.4, -0.2) is 37.2 Å². The first-order valence-corrected chi connectivity index (χ1v) is 7.45. The van der Waals surface area contributed by atoms with E-state index in [4.69, 9.17) is 5.21 Å². The highest BCUT2D eigenvalue weighted by Gasteiger charge is 2.10. The van der Waals surface area contributed by atoms with Crippen LogP contribution in [0.4, 0.5) is 5.69 Å². The van der Waals surface area contributed by atoms with Crippen molar-refractivity contribution in [2.75, 3.05) is 19.0 Å². The number of nitrogens with zero attached hydrogens (tertiary/aromatic N) is 1. The number of carbonyl (C=O) groups is 2. The van der Waals surface area contributed by atoms with E-state index in [1.807, 2.05) is 50.2 Å². The molecule has 22 heavy (non-hydrogen) atoms. The van der Waals surface area contributed by atoms with Gasteiger partial charge in [-0.05, 0) is 44.0 Å². The predicted octanol–water partition coefficient (Wildman–Crippen LogP) is 1.94. The van der Waals surface area contributed by atoms with Crippen molar-refractivity contribution in [2.24, 2.45) is 0 Å². The van der Waals surface area contributed by atoms with E-state index < -0.39 is 0 Å². The van der Waals surface area contributed by atoms with Gasteiger partial charge in [0.2, 0.25) is 5.91 Å². The molecule has 1 rings (SSSR count). The molecule has 122 valence electrons. The number of hydroxylamine groups is 1. The summed E-state index contributed by atoms with van der Waals surface area (Å²) in [5.41, 5.74) is 3.29. The summed E-state index contributed by atoms with van der Waals surface area (Å²) in [6.07, 6.45) is 2.59. The van der Waals surface area contributed by atoms with Crippen molar-refractivity contribution in [3.63, 3.8) is 0 Å². The third-order valence-corrected chi connectivity index (χ3v) is 3.44. The Balaban J connectivity index is 2.35. The maximum atomic E-state index is 12.1. The zero-order chi connectivity index (χ0) is 16.5. The van der Waals surface area contributed by atoms with Crippen LogP contribution in [0.3, 0.4) is 0 Å². The minimum Gasteiger partial charge on any atom is -0.378 e. The largest absolute Gasteiger partial charge is 0.378 e. The Morgan fingerprint density at radius 2 is 1.82 bits per heavy atom. The maximum Gasteiger partial charge on any atom is 0.251 e. The Morgan fingerprint density at radius 1 is 1.18 bits per heavy atom. The Hall–Kier alpha value is -2.08. The number of hydrogen-bond donors (Lipinski definition) is 3. The average Bonchev–Trinajstić information content (AvgIpc) is 2.51. The van der Waals surface area contributed by atoms with E-state index in [1.165, 1.54) is 0 Å². The van der Waals surface area contributed by atoms with Crippen LogP contribution in [0.5, 0.6) is 0 Å². The van der Waals surface area contributed by atoms with E-state index in [2.05, 4.69) is 5.32 Å². The lowest BCUT2D eigenvalue weighted by molar-refractivity contribution is -0.129. The van der Waals surface area contributed by atoms with Gasteiger partial charge in [-0.2, -0.15) is 0 Å². The van der Waals surface area contributed by atoms with Gasteiger partial charge in [0, 0.05) is 37.8 Å². The van der Waals surface area contributed by atoms with Gasteiger partial charge in [0.1, 0.15) is 0 Å².